The van der Waals surface area contributed by atoms with Gasteiger partial charge in [-0.25, -0.2) is 0 Å². The minimum absolute atomic E-state index is 0.308. The summed E-state index contributed by atoms with van der Waals surface area (Å²) in [5.41, 5.74) is 0. The average Bonchev–Trinajstić information content (AvgIpc) is 2.45. The highest BCUT2D eigenvalue weighted by Crippen LogP contribution is 2.35. The van der Waals surface area contributed by atoms with Gasteiger partial charge in [0.15, 0.2) is 0 Å². The molecule has 0 amide bonds. The van der Waals surface area contributed by atoms with E-state index in [0.29, 0.717) is 17.9 Å². The maximum atomic E-state index is 6.27. The average molecular weight is 290 g/mol. The molecule has 1 heterocycles. The molecule has 0 spiro atoms. The lowest BCUT2D eigenvalue weighted by atomic mass is 9.75. The van der Waals surface area contributed by atoms with Crippen LogP contribution in [0.3, 0.4) is 0 Å². The third-order valence-corrected chi connectivity index (χ3v) is 4.51. The summed E-state index contributed by atoms with van der Waals surface area (Å²) in [5, 5.41) is 3.32. The molecule has 1 aliphatic rings. The molecule has 0 radical (unpaired) electrons. The highest BCUT2D eigenvalue weighted by molar-refractivity contribution is 5.36. The molecule has 1 N–H and O–H groups in total. The van der Waals surface area contributed by atoms with Crippen molar-refractivity contribution in [3.05, 3.63) is 18.2 Å². The zero-order valence-electron chi connectivity index (χ0n) is 13.9. The lowest BCUT2D eigenvalue weighted by Crippen LogP contribution is -2.36. The summed E-state index contributed by atoms with van der Waals surface area (Å²) in [6.07, 6.45) is 5.16. The van der Waals surface area contributed by atoms with Gasteiger partial charge in [0.2, 0.25) is 5.88 Å². The predicted molar refractivity (Wildman–Crippen MR) is 88.8 cm³/mol. The predicted octanol–water partition coefficient (Wildman–Crippen LogP) is 4.74. The zero-order chi connectivity index (χ0) is 15.2. The summed E-state index contributed by atoms with van der Waals surface area (Å²) in [6.45, 7) is 10.1. The maximum absolute atomic E-state index is 6.27. The standard InChI is InChI=1S/C18H30N2O/c1-5-11-19-17-7-6-8-18(20-17)21-16-12-14(4)9-10-15(16)13(2)3/h6-8,13-16H,5,9-12H2,1-4H3,(H,19,20). The molecular weight excluding hydrogens is 260 g/mol. The Balaban J connectivity index is 2.04. The van der Waals surface area contributed by atoms with Crippen molar-refractivity contribution in [1.29, 1.82) is 0 Å². The Bertz CT molecular complexity index is 433. The Hall–Kier alpha value is -1.25. The quantitative estimate of drug-likeness (QED) is 0.821. The molecule has 1 fully saturated rings. The third kappa shape index (κ3) is 4.62. The van der Waals surface area contributed by atoms with E-state index in [1.807, 2.05) is 18.2 Å². The monoisotopic (exact) mass is 290 g/mol. The van der Waals surface area contributed by atoms with Crippen LogP contribution in [0, 0.1) is 17.8 Å². The van der Waals surface area contributed by atoms with E-state index < -0.39 is 0 Å². The van der Waals surface area contributed by atoms with Crippen molar-refractivity contribution in [3.63, 3.8) is 0 Å². The zero-order valence-corrected chi connectivity index (χ0v) is 13.9. The van der Waals surface area contributed by atoms with Gasteiger partial charge in [-0.1, -0.05) is 40.2 Å². The Morgan fingerprint density at radius 1 is 1.33 bits per heavy atom. The van der Waals surface area contributed by atoms with Crippen molar-refractivity contribution in [2.24, 2.45) is 17.8 Å². The molecule has 118 valence electrons. The van der Waals surface area contributed by atoms with Gasteiger partial charge >= 0.3 is 0 Å². The first kappa shape index (κ1) is 16.1. The SMILES string of the molecule is CCCNc1cccc(OC2CC(C)CCC2C(C)C)n1. The van der Waals surface area contributed by atoms with Crippen LogP contribution in [0.1, 0.15) is 53.4 Å². The molecule has 1 aromatic rings. The molecule has 0 aliphatic heterocycles. The fraction of sp³-hybridized carbons (Fsp3) is 0.722. The maximum Gasteiger partial charge on any atom is 0.215 e. The summed E-state index contributed by atoms with van der Waals surface area (Å²) < 4.78 is 6.27. The lowest BCUT2D eigenvalue weighted by molar-refractivity contribution is 0.0427. The Kier molecular flexibility index (Phi) is 5.89. The van der Waals surface area contributed by atoms with E-state index in [-0.39, 0.29) is 0 Å². The molecular formula is C18H30N2O. The summed E-state index contributed by atoms with van der Waals surface area (Å²) in [6, 6.07) is 6.01. The normalized spacial score (nSPS) is 25.9. The first-order valence-electron chi connectivity index (χ1n) is 8.47. The minimum Gasteiger partial charge on any atom is -0.474 e. The van der Waals surface area contributed by atoms with E-state index in [1.54, 1.807) is 0 Å². The number of aromatic nitrogens is 1. The van der Waals surface area contributed by atoms with Crippen LogP contribution in [-0.2, 0) is 0 Å². The van der Waals surface area contributed by atoms with E-state index >= 15 is 0 Å². The Morgan fingerprint density at radius 3 is 2.86 bits per heavy atom. The highest BCUT2D eigenvalue weighted by atomic mass is 16.5. The summed E-state index contributed by atoms with van der Waals surface area (Å²) in [7, 11) is 0. The molecule has 1 saturated carbocycles. The van der Waals surface area contributed by atoms with Gasteiger partial charge in [0.05, 0.1) is 0 Å². The minimum atomic E-state index is 0.308. The van der Waals surface area contributed by atoms with Crippen molar-refractivity contribution >= 4 is 5.82 Å². The molecule has 2 rings (SSSR count). The molecule has 0 bridgehead atoms. The topological polar surface area (TPSA) is 34.1 Å². The van der Waals surface area contributed by atoms with Crippen LogP contribution < -0.4 is 10.1 Å². The second kappa shape index (κ2) is 7.67. The van der Waals surface area contributed by atoms with E-state index in [9.17, 15) is 0 Å². The molecule has 3 nitrogen and oxygen atoms in total. The van der Waals surface area contributed by atoms with E-state index in [0.717, 1.165) is 37.0 Å². The number of hydrogen-bond acceptors (Lipinski definition) is 3. The van der Waals surface area contributed by atoms with Crippen LogP contribution >= 0.6 is 0 Å². The fourth-order valence-electron chi connectivity index (χ4n) is 3.24. The third-order valence-electron chi connectivity index (χ3n) is 4.51. The number of rotatable bonds is 6. The molecule has 3 unspecified atom stereocenters. The van der Waals surface area contributed by atoms with E-state index in [1.165, 1.54) is 12.8 Å². The van der Waals surface area contributed by atoms with E-state index in [4.69, 9.17) is 4.74 Å². The number of nitrogens with zero attached hydrogens (tertiary/aromatic N) is 1. The van der Waals surface area contributed by atoms with Crippen LogP contribution in [-0.4, -0.2) is 17.6 Å². The lowest BCUT2D eigenvalue weighted by Gasteiger charge is -2.37. The van der Waals surface area contributed by atoms with Gasteiger partial charge in [0, 0.05) is 12.6 Å². The van der Waals surface area contributed by atoms with Gasteiger partial charge in [-0.15, -0.1) is 0 Å². The van der Waals surface area contributed by atoms with Crippen LogP contribution in [0.15, 0.2) is 18.2 Å². The van der Waals surface area contributed by atoms with E-state index in [2.05, 4.69) is 38.0 Å². The first-order chi connectivity index (χ1) is 10.1. The van der Waals surface area contributed by atoms with Crippen LogP contribution in [0.2, 0.25) is 0 Å². The van der Waals surface area contributed by atoms with Gasteiger partial charge in [0.25, 0.3) is 0 Å². The molecule has 1 aromatic heterocycles. The number of ether oxygens (including phenoxy) is 1. The molecule has 0 aromatic carbocycles. The van der Waals surface area contributed by atoms with Gasteiger partial charge < -0.3 is 10.1 Å². The summed E-state index contributed by atoms with van der Waals surface area (Å²) in [4.78, 5) is 4.59. The molecule has 3 atom stereocenters. The number of nitrogens with one attached hydrogen (secondary N) is 1. The van der Waals surface area contributed by atoms with Gasteiger partial charge in [-0.3, -0.25) is 0 Å². The molecule has 3 heteroatoms. The van der Waals surface area contributed by atoms with Crippen molar-refractivity contribution < 1.29 is 4.74 Å². The van der Waals surface area contributed by atoms with Gasteiger partial charge in [-0.2, -0.15) is 4.98 Å². The highest BCUT2D eigenvalue weighted by Gasteiger charge is 2.32. The number of pyridine rings is 1. The fourth-order valence-corrected chi connectivity index (χ4v) is 3.24. The molecule has 21 heavy (non-hydrogen) atoms. The second-order valence-corrected chi connectivity index (χ2v) is 6.77. The first-order valence-corrected chi connectivity index (χ1v) is 8.47. The van der Waals surface area contributed by atoms with Crippen molar-refractivity contribution in [1.82, 2.24) is 4.98 Å². The van der Waals surface area contributed by atoms with Crippen LogP contribution in [0.25, 0.3) is 0 Å². The largest absolute Gasteiger partial charge is 0.474 e. The number of anilines is 1. The summed E-state index contributed by atoms with van der Waals surface area (Å²) in [5.74, 6) is 3.76. The smallest absolute Gasteiger partial charge is 0.215 e. The number of hydrogen-bond donors (Lipinski definition) is 1. The Labute approximate surface area is 129 Å². The van der Waals surface area contributed by atoms with Crippen molar-refractivity contribution in [3.8, 4) is 5.88 Å². The van der Waals surface area contributed by atoms with Crippen molar-refractivity contribution in [2.45, 2.75) is 59.5 Å². The van der Waals surface area contributed by atoms with Crippen molar-refractivity contribution in [2.75, 3.05) is 11.9 Å². The summed E-state index contributed by atoms with van der Waals surface area (Å²) >= 11 is 0. The molecule has 1 aliphatic carbocycles. The van der Waals surface area contributed by atoms with Crippen LogP contribution in [0.4, 0.5) is 5.82 Å². The van der Waals surface area contributed by atoms with Crippen LogP contribution in [0.5, 0.6) is 5.88 Å². The Morgan fingerprint density at radius 2 is 2.14 bits per heavy atom. The second-order valence-electron chi connectivity index (χ2n) is 6.77. The van der Waals surface area contributed by atoms with Gasteiger partial charge in [0.1, 0.15) is 11.9 Å². The van der Waals surface area contributed by atoms with Gasteiger partial charge in [-0.05, 0) is 43.1 Å². The molecule has 0 saturated heterocycles.